The minimum absolute atomic E-state index is 0.449. The summed E-state index contributed by atoms with van der Waals surface area (Å²) in [6, 6.07) is 7.39. The number of hydrogen-bond acceptors (Lipinski definition) is 6. The first kappa shape index (κ1) is 11.3. The lowest BCUT2D eigenvalue weighted by Gasteiger charge is -2.05. The normalized spacial score (nSPS) is 10.4. The third-order valence-corrected chi connectivity index (χ3v) is 2.45. The van der Waals surface area contributed by atoms with E-state index in [1.54, 1.807) is 30.3 Å². The first-order valence-electron chi connectivity index (χ1n) is 5.72. The molecule has 0 aromatic carbocycles. The molecule has 0 saturated heterocycles. The lowest BCUT2D eigenvalue weighted by atomic mass is 10.3. The Balaban J connectivity index is 2.13. The summed E-state index contributed by atoms with van der Waals surface area (Å²) in [5.41, 5.74) is 0.690. The van der Waals surface area contributed by atoms with Crippen molar-refractivity contribution in [1.29, 1.82) is 0 Å². The fraction of sp³-hybridized carbons (Fsp3) is 0.0833. The van der Waals surface area contributed by atoms with Crippen LogP contribution in [0.3, 0.4) is 0 Å². The van der Waals surface area contributed by atoms with Crippen LogP contribution in [0.2, 0.25) is 0 Å². The van der Waals surface area contributed by atoms with Gasteiger partial charge in [-0.15, -0.1) is 0 Å². The van der Waals surface area contributed by atoms with Gasteiger partial charge in [0.05, 0.1) is 0 Å². The van der Waals surface area contributed by atoms with Crippen molar-refractivity contribution < 1.29 is 0 Å². The molecule has 0 unspecified atom stereocenters. The van der Waals surface area contributed by atoms with Crippen LogP contribution in [0.4, 0.5) is 5.95 Å². The third kappa shape index (κ3) is 2.25. The fourth-order valence-corrected chi connectivity index (χ4v) is 1.58. The molecule has 0 aliphatic carbocycles. The molecule has 94 valence electrons. The predicted octanol–water partition coefficient (Wildman–Crippen LogP) is 1.16. The molecular weight excluding hydrogens is 242 g/mol. The van der Waals surface area contributed by atoms with Gasteiger partial charge < -0.3 is 5.32 Å². The summed E-state index contributed by atoms with van der Waals surface area (Å²) in [5, 5.41) is 7.02. The van der Waals surface area contributed by atoms with Crippen molar-refractivity contribution in [2.45, 2.75) is 0 Å². The van der Waals surface area contributed by atoms with Gasteiger partial charge in [0.25, 0.3) is 5.95 Å². The quantitative estimate of drug-likeness (QED) is 0.754. The molecule has 0 amide bonds. The highest BCUT2D eigenvalue weighted by molar-refractivity contribution is 5.51. The molecule has 3 aromatic heterocycles. The number of anilines is 1. The topological polar surface area (TPSA) is 81.4 Å². The van der Waals surface area contributed by atoms with E-state index >= 15 is 0 Å². The second kappa shape index (κ2) is 4.81. The first-order valence-corrected chi connectivity index (χ1v) is 5.72. The highest BCUT2D eigenvalue weighted by Gasteiger charge is 2.09. The SMILES string of the molecule is CNc1nc(-c2ccccn2)nc(-n2cccn2)n1. The Kier molecular flexibility index (Phi) is 2.85. The van der Waals surface area contributed by atoms with Gasteiger partial charge >= 0.3 is 0 Å². The second-order valence-electron chi connectivity index (χ2n) is 3.70. The molecule has 0 saturated carbocycles. The maximum atomic E-state index is 4.37. The van der Waals surface area contributed by atoms with Gasteiger partial charge in [0.1, 0.15) is 5.69 Å². The molecule has 0 fully saturated rings. The minimum atomic E-state index is 0.449. The van der Waals surface area contributed by atoms with E-state index in [1.165, 1.54) is 0 Å². The number of hydrogen-bond donors (Lipinski definition) is 1. The van der Waals surface area contributed by atoms with Gasteiger partial charge in [-0.3, -0.25) is 4.98 Å². The fourth-order valence-electron chi connectivity index (χ4n) is 1.58. The number of rotatable bonds is 3. The zero-order valence-corrected chi connectivity index (χ0v) is 10.2. The molecular formula is C12H11N7. The van der Waals surface area contributed by atoms with Crippen LogP contribution in [0.1, 0.15) is 0 Å². The van der Waals surface area contributed by atoms with Gasteiger partial charge in [-0.05, 0) is 18.2 Å². The van der Waals surface area contributed by atoms with E-state index in [-0.39, 0.29) is 0 Å². The van der Waals surface area contributed by atoms with Crippen LogP contribution in [-0.4, -0.2) is 36.8 Å². The average Bonchev–Trinajstić information content (AvgIpc) is 3.02. The molecule has 1 N–H and O–H groups in total. The van der Waals surface area contributed by atoms with Crippen molar-refractivity contribution >= 4 is 5.95 Å². The van der Waals surface area contributed by atoms with Crippen molar-refractivity contribution in [3.05, 3.63) is 42.9 Å². The van der Waals surface area contributed by atoms with Crippen molar-refractivity contribution in [2.24, 2.45) is 0 Å². The lowest BCUT2D eigenvalue weighted by molar-refractivity contribution is 0.799. The summed E-state index contributed by atoms with van der Waals surface area (Å²) in [6.07, 6.45) is 5.14. The molecule has 0 spiro atoms. The summed E-state index contributed by atoms with van der Waals surface area (Å²) in [4.78, 5) is 17.2. The zero-order valence-electron chi connectivity index (χ0n) is 10.2. The van der Waals surface area contributed by atoms with E-state index in [4.69, 9.17) is 0 Å². The highest BCUT2D eigenvalue weighted by Crippen LogP contribution is 2.14. The summed E-state index contributed by atoms with van der Waals surface area (Å²) < 4.78 is 1.58. The van der Waals surface area contributed by atoms with E-state index in [9.17, 15) is 0 Å². The Hall–Kier alpha value is -2.83. The van der Waals surface area contributed by atoms with Crippen molar-refractivity contribution in [3.63, 3.8) is 0 Å². The molecule has 0 bridgehead atoms. The molecule has 19 heavy (non-hydrogen) atoms. The summed E-state index contributed by atoms with van der Waals surface area (Å²) in [5.74, 6) is 1.43. The van der Waals surface area contributed by atoms with Gasteiger partial charge in [-0.2, -0.15) is 20.1 Å². The first-order chi connectivity index (χ1) is 9.36. The molecule has 0 aliphatic heterocycles. The van der Waals surface area contributed by atoms with E-state index in [0.29, 0.717) is 23.4 Å². The molecule has 3 heterocycles. The molecule has 7 heteroatoms. The Morgan fingerprint density at radius 3 is 2.68 bits per heavy atom. The molecule has 3 rings (SSSR count). The Labute approximate surface area is 109 Å². The standard InChI is InChI=1S/C12H11N7/c1-13-11-16-10(9-5-2-3-6-14-9)17-12(18-11)19-8-4-7-15-19/h2-8H,1H3,(H,13,16,17,18). The molecule has 0 aliphatic rings. The number of nitrogens with one attached hydrogen (secondary N) is 1. The van der Waals surface area contributed by atoms with Gasteiger partial charge in [-0.1, -0.05) is 6.07 Å². The van der Waals surface area contributed by atoms with E-state index in [0.717, 1.165) is 0 Å². The van der Waals surface area contributed by atoms with Gasteiger partial charge in [0.15, 0.2) is 5.82 Å². The Bertz CT molecular complexity index is 664. The maximum Gasteiger partial charge on any atom is 0.255 e. The molecule has 0 atom stereocenters. The van der Waals surface area contributed by atoms with Crippen molar-refractivity contribution in [3.8, 4) is 17.5 Å². The van der Waals surface area contributed by atoms with Gasteiger partial charge in [-0.25, -0.2) is 4.68 Å². The summed E-state index contributed by atoms with van der Waals surface area (Å²) in [7, 11) is 1.75. The zero-order chi connectivity index (χ0) is 13.1. The Morgan fingerprint density at radius 1 is 1.05 bits per heavy atom. The second-order valence-corrected chi connectivity index (χ2v) is 3.70. The van der Waals surface area contributed by atoms with E-state index in [2.05, 4.69) is 30.4 Å². The van der Waals surface area contributed by atoms with Crippen molar-refractivity contribution in [2.75, 3.05) is 12.4 Å². The lowest BCUT2D eigenvalue weighted by Crippen LogP contribution is -2.08. The highest BCUT2D eigenvalue weighted by atomic mass is 15.4. The monoisotopic (exact) mass is 253 g/mol. The largest absolute Gasteiger partial charge is 0.357 e. The van der Waals surface area contributed by atoms with Gasteiger partial charge in [0.2, 0.25) is 5.95 Å². The van der Waals surface area contributed by atoms with Crippen LogP contribution in [0, 0.1) is 0 Å². The van der Waals surface area contributed by atoms with Crippen LogP contribution in [-0.2, 0) is 0 Å². The van der Waals surface area contributed by atoms with Crippen LogP contribution < -0.4 is 5.32 Å². The van der Waals surface area contributed by atoms with Crippen LogP contribution in [0.15, 0.2) is 42.9 Å². The van der Waals surface area contributed by atoms with Crippen molar-refractivity contribution in [1.82, 2.24) is 29.7 Å². The molecule has 3 aromatic rings. The van der Waals surface area contributed by atoms with Crippen LogP contribution in [0.5, 0.6) is 0 Å². The molecule has 0 radical (unpaired) electrons. The van der Waals surface area contributed by atoms with Crippen LogP contribution in [0.25, 0.3) is 17.5 Å². The smallest absolute Gasteiger partial charge is 0.255 e. The third-order valence-electron chi connectivity index (χ3n) is 2.45. The number of aromatic nitrogens is 6. The summed E-state index contributed by atoms with van der Waals surface area (Å²) in [6.45, 7) is 0. The van der Waals surface area contributed by atoms with E-state index in [1.807, 2.05) is 24.3 Å². The van der Waals surface area contributed by atoms with E-state index < -0.39 is 0 Å². The molecule has 7 nitrogen and oxygen atoms in total. The maximum absolute atomic E-state index is 4.37. The summed E-state index contributed by atoms with van der Waals surface area (Å²) >= 11 is 0. The van der Waals surface area contributed by atoms with Gasteiger partial charge in [0, 0.05) is 25.6 Å². The number of nitrogens with zero attached hydrogens (tertiary/aromatic N) is 6. The average molecular weight is 253 g/mol. The van der Waals surface area contributed by atoms with Crippen LogP contribution >= 0.6 is 0 Å². The number of pyridine rings is 1. The predicted molar refractivity (Wildman–Crippen MR) is 69.7 cm³/mol. The minimum Gasteiger partial charge on any atom is -0.357 e. The Morgan fingerprint density at radius 2 is 2.00 bits per heavy atom.